The molecule has 0 bridgehead atoms. The average molecular weight is 464 g/mol. The van der Waals surface area contributed by atoms with Gasteiger partial charge in [0.25, 0.3) is 0 Å². The molecule has 5 rings (SSSR count). The summed E-state index contributed by atoms with van der Waals surface area (Å²) in [6, 6.07) is 14.6. The summed E-state index contributed by atoms with van der Waals surface area (Å²) in [5.74, 6) is 0.478. The van der Waals surface area contributed by atoms with Crippen molar-refractivity contribution in [3.8, 4) is 28.2 Å². The Morgan fingerprint density at radius 3 is 2.44 bits per heavy atom. The van der Waals surface area contributed by atoms with Crippen LogP contribution in [0.3, 0.4) is 0 Å². The van der Waals surface area contributed by atoms with Crippen LogP contribution in [0, 0.1) is 0 Å². The Morgan fingerprint density at radius 1 is 0.912 bits per heavy atom. The van der Waals surface area contributed by atoms with Crippen LogP contribution >= 0.6 is 0 Å². The number of fused-ring (bicyclic) bond motifs is 1. The predicted octanol–water partition coefficient (Wildman–Crippen LogP) is 4.88. The molecule has 0 unspecified atom stereocenters. The summed E-state index contributed by atoms with van der Waals surface area (Å²) >= 11 is 0. The normalized spacial score (nSPS) is 11.9. The van der Waals surface area contributed by atoms with E-state index in [-0.39, 0.29) is 11.3 Å². The number of nitrogens with zero attached hydrogens (tertiary/aromatic N) is 6. The molecule has 0 aliphatic heterocycles. The Labute approximate surface area is 192 Å². The van der Waals surface area contributed by atoms with Gasteiger partial charge in [0.1, 0.15) is 0 Å². The molecule has 34 heavy (non-hydrogen) atoms. The van der Waals surface area contributed by atoms with Crippen LogP contribution in [0.1, 0.15) is 18.3 Å². The molecule has 0 saturated heterocycles. The average Bonchev–Trinajstić information content (AvgIpc) is 3.51. The smallest absolute Gasteiger partial charge is 0.390 e. The standard InChI is InChI=1S/C24H19F3N6O/c1-2-17-5-3-7-21(30-17)15-9-19(16-11-28-32(13-16)24(25,26)27)20-12-29-33(22(20)10-15)23-8-4-6-18(14-34)31-23/h3-13,34H,2,14H2,1H3. The van der Waals surface area contributed by atoms with Crippen LogP contribution in [0.25, 0.3) is 39.1 Å². The highest BCUT2D eigenvalue weighted by molar-refractivity contribution is 5.98. The maximum atomic E-state index is 13.2. The summed E-state index contributed by atoms with van der Waals surface area (Å²) in [5, 5.41) is 18.1. The van der Waals surface area contributed by atoms with E-state index in [0.29, 0.717) is 39.2 Å². The topological polar surface area (TPSA) is 81.7 Å². The first-order chi connectivity index (χ1) is 16.4. The van der Waals surface area contributed by atoms with E-state index in [1.54, 1.807) is 35.1 Å². The molecular formula is C24H19F3N6O. The molecular weight excluding hydrogens is 445 g/mol. The minimum Gasteiger partial charge on any atom is -0.390 e. The molecule has 0 saturated carbocycles. The summed E-state index contributed by atoms with van der Waals surface area (Å²) < 4.78 is 41.2. The number of benzene rings is 1. The summed E-state index contributed by atoms with van der Waals surface area (Å²) in [7, 11) is 0. The zero-order valence-corrected chi connectivity index (χ0v) is 18.0. The first-order valence-electron chi connectivity index (χ1n) is 10.5. The molecule has 7 nitrogen and oxygen atoms in total. The van der Waals surface area contributed by atoms with Gasteiger partial charge in [-0.2, -0.15) is 14.9 Å². The summed E-state index contributed by atoms with van der Waals surface area (Å²) in [6.07, 6.45) is -0.148. The molecule has 1 aromatic carbocycles. The first-order valence-corrected chi connectivity index (χ1v) is 10.5. The number of halogens is 3. The summed E-state index contributed by atoms with van der Waals surface area (Å²) in [5.41, 5.74) is 4.26. The first kappa shape index (κ1) is 21.8. The van der Waals surface area contributed by atoms with Gasteiger partial charge >= 0.3 is 6.30 Å². The monoisotopic (exact) mass is 464 g/mol. The Kier molecular flexibility index (Phi) is 5.37. The van der Waals surface area contributed by atoms with Gasteiger partial charge in [-0.25, -0.2) is 9.67 Å². The lowest BCUT2D eigenvalue weighted by molar-refractivity contribution is -0.212. The second kappa shape index (κ2) is 8.38. The van der Waals surface area contributed by atoms with Crippen molar-refractivity contribution in [2.24, 2.45) is 0 Å². The van der Waals surface area contributed by atoms with Crippen LogP contribution in [0.5, 0.6) is 0 Å². The largest absolute Gasteiger partial charge is 0.504 e. The van der Waals surface area contributed by atoms with Crippen molar-refractivity contribution in [1.82, 2.24) is 29.5 Å². The predicted molar refractivity (Wildman–Crippen MR) is 120 cm³/mol. The molecule has 0 atom stereocenters. The number of pyridine rings is 2. The molecule has 0 aliphatic rings. The minimum atomic E-state index is -4.62. The second-order valence-corrected chi connectivity index (χ2v) is 7.67. The van der Waals surface area contributed by atoms with Gasteiger partial charge < -0.3 is 5.11 Å². The van der Waals surface area contributed by atoms with E-state index in [1.807, 2.05) is 31.2 Å². The highest BCUT2D eigenvalue weighted by atomic mass is 19.4. The Balaban J connectivity index is 1.76. The number of hydrogen-bond donors (Lipinski definition) is 1. The lowest BCUT2D eigenvalue weighted by atomic mass is 9.99. The van der Waals surface area contributed by atoms with Crippen LogP contribution in [0.4, 0.5) is 13.2 Å². The maximum Gasteiger partial charge on any atom is 0.504 e. The van der Waals surface area contributed by atoms with Gasteiger partial charge in [0.15, 0.2) is 5.82 Å². The SMILES string of the molecule is CCc1cccc(-c2cc(-c3cnn(C(F)(F)F)c3)c3cnn(-c4cccc(CO)n4)c3c2)n1. The Morgan fingerprint density at radius 2 is 1.71 bits per heavy atom. The van der Waals surface area contributed by atoms with Crippen molar-refractivity contribution in [3.05, 3.63) is 78.5 Å². The van der Waals surface area contributed by atoms with Gasteiger partial charge in [0.05, 0.1) is 35.9 Å². The van der Waals surface area contributed by atoms with Gasteiger partial charge in [-0.1, -0.05) is 19.1 Å². The fraction of sp³-hybridized carbons (Fsp3) is 0.167. The van der Waals surface area contributed by atoms with E-state index >= 15 is 0 Å². The van der Waals surface area contributed by atoms with Crippen LogP contribution in [-0.2, 0) is 19.3 Å². The van der Waals surface area contributed by atoms with E-state index in [1.165, 1.54) is 6.20 Å². The Hall–Kier alpha value is -4.05. The minimum absolute atomic E-state index is 0.0203. The highest BCUT2D eigenvalue weighted by Gasteiger charge is 2.32. The Bertz CT molecular complexity index is 1490. The van der Waals surface area contributed by atoms with Crippen LogP contribution < -0.4 is 0 Å². The van der Waals surface area contributed by atoms with Crippen molar-refractivity contribution in [2.45, 2.75) is 26.3 Å². The van der Waals surface area contributed by atoms with Crippen molar-refractivity contribution in [3.63, 3.8) is 0 Å². The zero-order valence-electron chi connectivity index (χ0n) is 18.0. The number of aliphatic hydroxyl groups is 1. The third-order valence-electron chi connectivity index (χ3n) is 5.48. The zero-order chi connectivity index (χ0) is 23.9. The van der Waals surface area contributed by atoms with E-state index in [4.69, 9.17) is 0 Å². The second-order valence-electron chi connectivity index (χ2n) is 7.67. The quantitative estimate of drug-likeness (QED) is 0.401. The molecule has 10 heteroatoms. The lowest BCUT2D eigenvalue weighted by Gasteiger charge is -2.10. The van der Waals surface area contributed by atoms with Crippen molar-refractivity contribution < 1.29 is 18.3 Å². The van der Waals surface area contributed by atoms with E-state index in [9.17, 15) is 18.3 Å². The molecule has 4 heterocycles. The van der Waals surface area contributed by atoms with Gasteiger partial charge in [0, 0.05) is 28.4 Å². The molecule has 0 fully saturated rings. The van der Waals surface area contributed by atoms with E-state index in [0.717, 1.165) is 23.9 Å². The number of aromatic nitrogens is 6. The number of aryl methyl sites for hydroxylation is 1. The van der Waals surface area contributed by atoms with Gasteiger partial charge in [0.2, 0.25) is 0 Å². The lowest BCUT2D eigenvalue weighted by Crippen LogP contribution is -2.16. The third-order valence-corrected chi connectivity index (χ3v) is 5.48. The molecule has 5 aromatic rings. The number of hydrogen-bond acceptors (Lipinski definition) is 5. The van der Waals surface area contributed by atoms with Crippen molar-refractivity contribution in [2.75, 3.05) is 0 Å². The molecule has 0 spiro atoms. The summed E-state index contributed by atoms with van der Waals surface area (Å²) in [4.78, 5) is 9.10. The molecule has 0 amide bonds. The highest BCUT2D eigenvalue weighted by Crippen LogP contribution is 2.35. The molecule has 0 aliphatic carbocycles. The summed E-state index contributed by atoms with van der Waals surface area (Å²) in [6.45, 7) is 1.77. The van der Waals surface area contributed by atoms with E-state index < -0.39 is 6.30 Å². The number of rotatable bonds is 5. The van der Waals surface area contributed by atoms with Crippen molar-refractivity contribution >= 4 is 10.9 Å². The van der Waals surface area contributed by atoms with Crippen LogP contribution in [0.15, 0.2) is 67.1 Å². The third kappa shape index (κ3) is 3.92. The van der Waals surface area contributed by atoms with Gasteiger partial charge in [-0.15, -0.1) is 13.2 Å². The fourth-order valence-electron chi connectivity index (χ4n) is 3.81. The van der Waals surface area contributed by atoms with Crippen LogP contribution in [-0.4, -0.2) is 34.6 Å². The van der Waals surface area contributed by atoms with Gasteiger partial charge in [-0.3, -0.25) is 4.98 Å². The molecule has 4 aromatic heterocycles. The molecule has 0 radical (unpaired) electrons. The molecule has 1 N–H and O–H groups in total. The molecule has 172 valence electrons. The van der Waals surface area contributed by atoms with E-state index in [2.05, 4.69) is 20.2 Å². The van der Waals surface area contributed by atoms with Crippen molar-refractivity contribution in [1.29, 1.82) is 0 Å². The number of aliphatic hydroxyl groups excluding tert-OH is 1. The number of alkyl halides is 3. The fourth-order valence-corrected chi connectivity index (χ4v) is 3.81. The van der Waals surface area contributed by atoms with Crippen LogP contribution in [0.2, 0.25) is 0 Å². The van der Waals surface area contributed by atoms with Gasteiger partial charge in [-0.05, 0) is 48.4 Å². The maximum absolute atomic E-state index is 13.2.